The first kappa shape index (κ1) is 37.7. The third-order valence-corrected chi connectivity index (χ3v) is 9.47. The molecule has 0 saturated carbocycles. The van der Waals surface area contributed by atoms with Crippen molar-refractivity contribution < 1.29 is 67.9 Å². The minimum Gasteiger partial charge on any atom is -0.368 e. The van der Waals surface area contributed by atoms with Crippen LogP contribution in [-0.2, 0) is 9.13 Å². The molecule has 0 fully saturated rings. The average Bonchev–Trinajstić information content (AvgIpc) is 2.69. The summed E-state index contributed by atoms with van der Waals surface area (Å²) in [5.74, 6) is 0. The minimum atomic E-state index is -5.30. The molecule has 0 aromatic rings. The summed E-state index contributed by atoms with van der Waals surface area (Å²) < 4.78 is 22.9. The first-order valence-corrected chi connectivity index (χ1v) is 14.9. The van der Waals surface area contributed by atoms with Gasteiger partial charge in [0.15, 0.2) is 0 Å². The van der Waals surface area contributed by atoms with E-state index in [0.717, 1.165) is 0 Å². The Bertz CT molecular complexity index is 485. The molecule has 0 aromatic heterocycles. The van der Waals surface area contributed by atoms with Crippen LogP contribution in [0.2, 0.25) is 0 Å². The second-order valence-corrected chi connectivity index (χ2v) is 12.4. The number of nitrogens with two attached hydrogens (primary N) is 1. The van der Waals surface area contributed by atoms with Gasteiger partial charge in [0.05, 0.1) is 26.2 Å². The molecule has 0 radical (unpaired) electrons. The van der Waals surface area contributed by atoms with E-state index in [0.29, 0.717) is 0 Å². The topological polar surface area (TPSA) is 161 Å². The van der Waals surface area contributed by atoms with Gasteiger partial charge in [0.2, 0.25) is 0 Å². The van der Waals surface area contributed by atoms with Crippen molar-refractivity contribution >= 4 is 15.2 Å². The molecule has 0 aliphatic carbocycles. The van der Waals surface area contributed by atoms with Crippen molar-refractivity contribution in [1.82, 2.24) is 0 Å². The average molecular weight is 515 g/mol. The zero-order valence-corrected chi connectivity index (χ0v) is 24.9. The van der Waals surface area contributed by atoms with Gasteiger partial charge in [0.25, 0.3) is 5.08 Å². The second kappa shape index (κ2) is 19.4. The van der Waals surface area contributed by atoms with E-state index in [1.807, 2.05) is 0 Å². The molecule has 0 heterocycles. The number of unbranched alkanes of at least 4 members (excludes halogenated alkanes) is 4. The maximum absolute atomic E-state index is 10.7. The molecule has 32 heavy (non-hydrogen) atoms. The summed E-state index contributed by atoms with van der Waals surface area (Å²) in [7, 11) is -10.6. The molecule has 0 bridgehead atoms. The second-order valence-electron chi connectivity index (χ2n) is 8.40. The largest absolute Gasteiger partial charge is 1.00 e. The summed E-state index contributed by atoms with van der Waals surface area (Å²) in [6.07, 6.45) is 10.2. The Morgan fingerprint density at radius 1 is 0.688 bits per heavy atom. The van der Waals surface area contributed by atoms with Gasteiger partial charge in [-0.2, -0.15) is 0 Å². The van der Waals surface area contributed by atoms with Crippen molar-refractivity contribution in [2.24, 2.45) is 5.73 Å². The van der Waals surface area contributed by atoms with Gasteiger partial charge in [0, 0.05) is 6.42 Å². The zero-order chi connectivity index (χ0) is 24.6. The van der Waals surface area contributed by atoms with Crippen LogP contribution >= 0.6 is 15.2 Å². The summed E-state index contributed by atoms with van der Waals surface area (Å²) in [5, 5.41) is 5.91. The smallest absolute Gasteiger partial charge is 0.368 e. The van der Waals surface area contributed by atoms with Crippen LogP contribution < -0.4 is 35.3 Å². The fourth-order valence-corrected chi connectivity index (χ4v) is 5.70. The predicted molar refractivity (Wildman–Crippen MR) is 127 cm³/mol. The van der Waals surface area contributed by atoms with E-state index >= 15 is 0 Å². The summed E-state index contributed by atoms with van der Waals surface area (Å²) in [6.45, 7) is 15.0. The molecule has 190 valence electrons. The number of nitrogens with zero attached hydrogens (tertiary/aromatic N) is 1. The van der Waals surface area contributed by atoms with Crippen molar-refractivity contribution in [2.45, 2.75) is 97.0 Å². The van der Waals surface area contributed by atoms with E-state index < -0.39 is 26.7 Å². The molecule has 0 aliphatic rings. The number of quaternary nitrogens is 1. The molecule has 0 aliphatic heterocycles. The number of rotatable bonds is 17. The molecule has 0 rings (SSSR count). The van der Waals surface area contributed by atoms with E-state index in [1.54, 1.807) is 0 Å². The first-order valence-electron chi connectivity index (χ1n) is 11.7. The first-order chi connectivity index (χ1) is 14.3. The molecule has 9 nitrogen and oxygen atoms in total. The quantitative estimate of drug-likeness (QED) is 0.0941. The molecule has 0 amide bonds. The van der Waals surface area contributed by atoms with Crippen molar-refractivity contribution in [3.05, 3.63) is 0 Å². The Morgan fingerprint density at radius 3 is 1.16 bits per heavy atom. The number of aliphatic hydroxyl groups is 1. The Kier molecular flexibility index (Phi) is 22.8. The van der Waals surface area contributed by atoms with E-state index in [-0.39, 0.29) is 42.5 Å². The molecule has 0 spiro atoms. The van der Waals surface area contributed by atoms with Gasteiger partial charge < -0.3 is 34.9 Å². The van der Waals surface area contributed by atoms with Crippen LogP contribution in [0.4, 0.5) is 0 Å². The maximum atomic E-state index is 10.7. The van der Waals surface area contributed by atoms with Crippen LogP contribution in [-0.4, -0.2) is 67.0 Å². The van der Waals surface area contributed by atoms with Gasteiger partial charge in [-0.25, -0.2) is 0 Å². The number of hydrogen-bond acceptors (Lipinski definition) is 4. The van der Waals surface area contributed by atoms with Crippen molar-refractivity contribution in [2.75, 3.05) is 32.7 Å². The zero-order valence-electron chi connectivity index (χ0n) is 21.1. The molecular formula is C20H49N2NaO7P2+2. The van der Waals surface area contributed by atoms with Gasteiger partial charge in [-0.1, -0.05) is 53.4 Å². The summed E-state index contributed by atoms with van der Waals surface area (Å²) in [6, 6.07) is 0. The molecule has 7 N–H and O–H groups in total. The fraction of sp³-hybridized carbons (Fsp3) is 1.00. The van der Waals surface area contributed by atoms with E-state index in [9.17, 15) is 14.2 Å². The number of hydrogen-bond donors (Lipinski definition) is 6. The fourth-order valence-electron chi connectivity index (χ4n) is 3.45. The maximum Gasteiger partial charge on any atom is 1.00 e. The van der Waals surface area contributed by atoms with Gasteiger partial charge in [-0.3, -0.25) is 9.13 Å². The summed E-state index contributed by atoms with van der Waals surface area (Å²) >= 11 is 0. The molecule has 0 unspecified atom stereocenters. The Morgan fingerprint density at radius 2 is 0.969 bits per heavy atom. The van der Waals surface area contributed by atoms with Gasteiger partial charge in [-0.15, -0.1) is 0 Å². The molecular weight excluding hydrogens is 465 g/mol. The van der Waals surface area contributed by atoms with Crippen LogP contribution in [0.5, 0.6) is 0 Å². The Hall–Kier alpha value is 1.18. The standard InChI is InChI=1S/C16H36N.C4H13NO7P2.Na/c1-5-9-13-17(14-10-6-2,15-11-7-3)16-12-8-4;5-3-1-2-4(6,13(7,8)9)14(10,11)12;/h5-16H2,1-4H3;6H,1-3,5H2,(H2,7,8,9)(H2,10,11,12);/q+1;;+1. The van der Waals surface area contributed by atoms with Crippen molar-refractivity contribution in [1.29, 1.82) is 0 Å². The van der Waals surface area contributed by atoms with Gasteiger partial charge in [-0.05, 0) is 38.6 Å². The summed E-state index contributed by atoms with van der Waals surface area (Å²) in [5.41, 5.74) is 5.01. The third kappa shape index (κ3) is 14.6. The van der Waals surface area contributed by atoms with Crippen LogP contribution in [0.1, 0.15) is 91.9 Å². The normalized spacial score (nSPS) is 12.7. The Labute approximate surface area is 217 Å². The van der Waals surface area contributed by atoms with Gasteiger partial charge in [0.1, 0.15) is 0 Å². The Balaban J connectivity index is -0.000000519. The van der Waals surface area contributed by atoms with Crippen LogP contribution in [0.15, 0.2) is 0 Å². The monoisotopic (exact) mass is 514 g/mol. The molecule has 0 atom stereocenters. The van der Waals surface area contributed by atoms with E-state index in [2.05, 4.69) is 27.7 Å². The third-order valence-electron chi connectivity index (χ3n) is 5.59. The summed E-state index contributed by atoms with van der Waals surface area (Å²) in [4.78, 5) is 34.5. The molecule has 12 heteroatoms. The van der Waals surface area contributed by atoms with Crippen molar-refractivity contribution in [3.63, 3.8) is 0 Å². The van der Waals surface area contributed by atoms with Crippen LogP contribution in [0, 0.1) is 0 Å². The van der Waals surface area contributed by atoms with Gasteiger partial charge >= 0.3 is 44.7 Å². The predicted octanol–water partition coefficient (Wildman–Crippen LogP) is 0.734. The van der Waals surface area contributed by atoms with Crippen molar-refractivity contribution in [3.8, 4) is 0 Å². The molecule has 0 saturated heterocycles. The van der Waals surface area contributed by atoms with Crippen LogP contribution in [0.3, 0.4) is 0 Å². The minimum absolute atomic E-state index is 0. The molecule has 0 aromatic carbocycles. The van der Waals surface area contributed by atoms with E-state index in [1.165, 1.54) is 82.0 Å². The SMILES string of the molecule is CCCC[N+](CCCC)(CCCC)CCCC.NCCCC(O)(P(=O)(O)O)P(=O)(O)O.[Na+]. The van der Waals surface area contributed by atoms with E-state index in [4.69, 9.17) is 25.3 Å². The van der Waals surface area contributed by atoms with Crippen LogP contribution in [0.25, 0.3) is 0 Å².